The topological polar surface area (TPSA) is 84.4 Å². The Bertz CT molecular complexity index is 807. The van der Waals surface area contributed by atoms with E-state index in [4.69, 9.17) is 0 Å². The lowest BCUT2D eigenvalue weighted by Gasteiger charge is -2.31. The zero-order chi connectivity index (χ0) is 19.9. The SMILES string of the molecule is COC(=O)CSc1nnc(NC(=O)C2CCN(Cc3ccc(Br)cc3)CC2)s1. The Morgan fingerprint density at radius 2 is 2.00 bits per heavy atom. The van der Waals surface area contributed by atoms with Crippen LogP contribution in [0.3, 0.4) is 0 Å². The van der Waals surface area contributed by atoms with E-state index >= 15 is 0 Å². The number of aromatic nitrogens is 2. The maximum atomic E-state index is 12.5. The third-order valence-electron chi connectivity index (χ3n) is 4.46. The number of hydrogen-bond acceptors (Lipinski definition) is 8. The van der Waals surface area contributed by atoms with E-state index in [2.05, 4.69) is 65.3 Å². The molecule has 150 valence electrons. The van der Waals surface area contributed by atoms with Crippen LogP contribution in [0.5, 0.6) is 0 Å². The molecular weight excluding hydrogens is 464 g/mol. The number of amides is 1. The second kappa shape index (κ2) is 10.3. The van der Waals surface area contributed by atoms with E-state index in [1.165, 1.54) is 35.8 Å². The van der Waals surface area contributed by atoms with Gasteiger partial charge in [0.1, 0.15) is 0 Å². The standard InChI is InChI=1S/C18H21BrN4O3S2/c1-26-15(24)11-27-18-22-21-17(28-18)20-16(25)13-6-8-23(9-7-13)10-12-2-4-14(19)5-3-12/h2-5,13H,6-11H2,1H3,(H,20,21,25). The van der Waals surface area contributed by atoms with Crippen LogP contribution in [0.15, 0.2) is 33.1 Å². The van der Waals surface area contributed by atoms with Gasteiger partial charge >= 0.3 is 5.97 Å². The molecule has 0 saturated carbocycles. The van der Waals surface area contributed by atoms with Crippen molar-refractivity contribution in [3.63, 3.8) is 0 Å². The third-order valence-corrected chi connectivity index (χ3v) is 6.93. The van der Waals surface area contributed by atoms with Gasteiger partial charge in [-0.15, -0.1) is 10.2 Å². The maximum absolute atomic E-state index is 12.5. The number of nitrogens with one attached hydrogen (secondary N) is 1. The summed E-state index contributed by atoms with van der Waals surface area (Å²) in [5.41, 5.74) is 1.27. The molecule has 0 unspecified atom stereocenters. The minimum atomic E-state index is -0.319. The first-order valence-electron chi connectivity index (χ1n) is 8.84. The number of rotatable bonds is 7. The van der Waals surface area contributed by atoms with Crippen LogP contribution < -0.4 is 5.32 Å². The quantitative estimate of drug-likeness (QED) is 0.366. The van der Waals surface area contributed by atoms with Crippen molar-refractivity contribution in [2.24, 2.45) is 5.92 Å². The van der Waals surface area contributed by atoms with Gasteiger partial charge in [0, 0.05) is 16.9 Å². The van der Waals surface area contributed by atoms with Crippen LogP contribution in [-0.2, 0) is 20.9 Å². The van der Waals surface area contributed by atoms with Gasteiger partial charge in [-0.1, -0.05) is 51.2 Å². The number of benzene rings is 1. The molecule has 1 saturated heterocycles. The van der Waals surface area contributed by atoms with Crippen LogP contribution in [0.25, 0.3) is 0 Å². The molecule has 3 rings (SSSR count). The number of esters is 1. The molecular formula is C18H21BrN4O3S2. The Morgan fingerprint density at radius 1 is 1.29 bits per heavy atom. The van der Waals surface area contributed by atoms with Crippen molar-refractivity contribution in [1.82, 2.24) is 15.1 Å². The minimum absolute atomic E-state index is 0.0102. The number of nitrogens with zero attached hydrogens (tertiary/aromatic N) is 3. The predicted molar refractivity (Wildman–Crippen MR) is 113 cm³/mol. The van der Waals surface area contributed by atoms with Gasteiger partial charge in [0.2, 0.25) is 11.0 Å². The number of thioether (sulfide) groups is 1. The summed E-state index contributed by atoms with van der Waals surface area (Å²) in [4.78, 5) is 26.1. The number of ether oxygens (including phenoxy) is 1. The molecule has 0 bridgehead atoms. The number of piperidine rings is 1. The second-order valence-corrected chi connectivity index (χ2v) is 9.52. The van der Waals surface area contributed by atoms with Crippen molar-refractivity contribution in [2.75, 3.05) is 31.3 Å². The van der Waals surface area contributed by atoms with E-state index in [9.17, 15) is 9.59 Å². The molecule has 1 N–H and O–H groups in total. The number of likely N-dealkylation sites (tertiary alicyclic amines) is 1. The average molecular weight is 485 g/mol. The monoisotopic (exact) mass is 484 g/mol. The smallest absolute Gasteiger partial charge is 0.316 e. The summed E-state index contributed by atoms with van der Waals surface area (Å²) < 4.78 is 6.30. The van der Waals surface area contributed by atoms with E-state index in [-0.39, 0.29) is 23.5 Å². The lowest BCUT2D eigenvalue weighted by atomic mass is 9.95. The highest BCUT2D eigenvalue weighted by Crippen LogP contribution is 2.27. The molecule has 0 atom stereocenters. The normalized spacial score (nSPS) is 15.4. The Balaban J connectivity index is 1.43. The molecule has 1 fully saturated rings. The van der Waals surface area contributed by atoms with Gasteiger partial charge in [-0.2, -0.15) is 0 Å². The van der Waals surface area contributed by atoms with Crippen molar-refractivity contribution in [3.05, 3.63) is 34.3 Å². The molecule has 2 aromatic rings. The van der Waals surface area contributed by atoms with E-state index in [0.29, 0.717) is 9.47 Å². The average Bonchev–Trinajstić information content (AvgIpc) is 3.15. The zero-order valence-electron chi connectivity index (χ0n) is 15.4. The Labute approximate surface area is 180 Å². The van der Waals surface area contributed by atoms with E-state index in [0.717, 1.165) is 36.9 Å². The fourth-order valence-electron chi connectivity index (χ4n) is 2.91. The molecule has 7 nitrogen and oxygen atoms in total. The van der Waals surface area contributed by atoms with Crippen LogP contribution in [0.4, 0.5) is 5.13 Å². The third kappa shape index (κ3) is 6.26. The van der Waals surface area contributed by atoms with Gasteiger partial charge < -0.3 is 10.1 Å². The molecule has 1 aromatic carbocycles. The molecule has 1 aliphatic heterocycles. The Kier molecular flexibility index (Phi) is 7.83. The lowest BCUT2D eigenvalue weighted by molar-refractivity contribution is -0.137. The number of carbonyl (C=O) groups is 2. The first kappa shape index (κ1) is 21.2. The van der Waals surface area contributed by atoms with Gasteiger partial charge in [0.05, 0.1) is 12.9 Å². The first-order chi connectivity index (χ1) is 13.5. The van der Waals surface area contributed by atoms with E-state index in [1.54, 1.807) is 0 Å². The zero-order valence-corrected chi connectivity index (χ0v) is 18.6. The van der Waals surface area contributed by atoms with Crippen LogP contribution in [0.2, 0.25) is 0 Å². The highest BCUT2D eigenvalue weighted by Gasteiger charge is 2.25. The lowest BCUT2D eigenvalue weighted by Crippen LogP contribution is -2.37. The summed E-state index contributed by atoms with van der Waals surface area (Å²) in [6.07, 6.45) is 1.65. The van der Waals surface area contributed by atoms with Crippen molar-refractivity contribution in [2.45, 2.75) is 23.7 Å². The second-order valence-electron chi connectivity index (χ2n) is 6.40. The van der Waals surface area contributed by atoms with Gasteiger partial charge in [0.25, 0.3) is 0 Å². The highest BCUT2D eigenvalue weighted by molar-refractivity contribution is 9.10. The molecule has 28 heavy (non-hydrogen) atoms. The van der Waals surface area contributed by atoms with Crippen molar-refractivity contribution >= 4 is 56.0 Å². The Hall–Kier alpha value is -1.49. The van der Waals surface area contributed by atoms with E-state index in [1.807, 2.05) is 0 Å². The summed E-state index contributed by atoms with van der Waals surface area (Å²) in [5, 5.41) is 11.3. The summed E-state index contributed by atoms with van der Waals surface area (Å²) in [7, 11) is 1.35. The van der Waals surface area contributed by atoms with Crippen molar-refractivity contribution < 1.29 is 14.3 Å². The number of carbonyl (C=O) groups excluding carboxylic acids is 2. The number of hydrogen-bond donors (Lipinski definition) is 1. The molecule has 2 heterocycles. The molecule has 0 radical (unpaired) electrons. The summed E-state index contributed by atoms with van der Waals surface area (Å²) in [6, 6.07) is 8.34. The predicted octanol–water partition coefficient (Wildman–Crippen LogP) is 3.42. The fourth-order valence-corrected chi connectivity index (χ4v) is 4.76. The minimum Gasteiger partial charge on any atom is -0.468 e. The van der Waals surface area contributed by atoms with Crippen LogP contribution in [0, 0.1) is 5.92 Å². The number of halogens is 1. The maximum Gasteiger partial charge on any atom is 0.316 e. The number of anilines is 1. The Morgan fingerprint density at radius 3 is 2.68 bits per heavy atom. The van der Waals surface area contributed by atoms with Gasteiger partial charge in [0.15, 0.2) is 4.34 Å². The van der Waals surface area contributed by atoms with E-state index < -0.39 is 0 Å². The molecule has 10 heteroatoms. The van der Waals surface area contributed by atoms with Crippen molar-refractivity contribution in [1.29, 1.82) is 0 Å². The summed E-state index contributed by atoms with van der Waals surface area (Å²) in [5.74, 6) is -0.170. The van der Waals surface area contributed by atoms with Crippen LogP contribution in [0.1, 0.15) is 18.4 Å². The molecule has 1 aliphatic rings. The largest absolute Gasteiger partial charge is 0.468 e. The molecule has 1 aromatic heterocycles. The number of methoxy groups -OCH3 is 1. The van der Waals surface area contributed by atoms with Gasteiger partial charge in [-0.05, 0) is 43.6 Å². The van der Waals surface area contributed by atoms with Crippen LogP contribution >= 0.6 is 39.0 Å². The van der Waals surface area contributed by atoms with Crippen molar-refractivity contribution in [3.8, 4) is 0 Å². The highest BCUT2D eigenvalue weighted by atomic mass is 79.9. The molecule has 0 aliphatic carbocycles. The fraction of sp³-hybridized carbons (Fsp3) is 0.444. The van der Waals surface area contributed by atoms with Gasteiger partial charge in [-0.25, -0.2) is 0 Å². The summed E-state index contributed by atoms with van der Waals surface area (Å²) >= 11 is 5.97. The molecule has 0 spiro atoms. The summed E-state index contributed by atoms with van der Waals surface area (Å²) in [6.45, 7) is 2.69. The molecule has 1 amide bonds. The first-order valence-corrected chi connectivity index (χ1v) is 11.4. The van der Waals surface area contributed by atoms with Gasteiger partial charge in [-0.3, -0.25) is 14.5 Å². The van der Waals surface area contributed by atoms with Crippen LogP contribution in [-0.4, -0.2) is 52.9 Å².